The van der Waals surface area contributed by atoms with E-state index in [1.165, 1.54) is 7.11 Å². The summed E-state index contributed by atoms with van der Waals surface area (Å²) in [5, 5.41) is 1.07. The summed E-state index contributed by atoms with van der Waals surface area (Å²) in [5.41, 5.74) is 6.26. The van der Waals surface area contributed by atoms with Crippen LogP contribution in [0.4, 0.5) is 0 Å². The predicted molar refractivity (Wildman–Crippen MR) is 115 cm³/mol. The second kappa shape index (κ2) is 6.91. The molecule has 5 aromatic rings. The van der Waals surface area contributed by atoms with Crippen molar-refractivity contribution in [2.75, 3.05) is 7.11 Å². The van der Waals surface area contributed by atoms with Crippen LogP contribution in [-0.4, -0.2) is 22.5 Å². The number of methoxy groups -OCH3 is 1. The lowest BCUT2D eigenvalue weighted by Crippen LogP contribution is -2.08. The largest absolute Gasteiger partial charge is 0.465 e. The first-order valence-corrected chi connectivity index (χ1v) is 9.39. The van der Waals surface area contributed by atoms with Crippen LogP contribution in [0.5, 0.6) is 0 Å². The Balaban J connectivity index is 1.99. The standard InChI is InChI=1S/C25H18N2O2/c1-29-25(28)24-20(17-11-13-26-14-12-17)16-22(18-7-3-2-4-8-18)27-21-10-6-5-9-19(21)15-23(24)27/h2-16H,1H3. The first-order chi connectivity index (χ1) is 14.3. The van der Waals surface area contributed by atoms with Crippen molar-refractivity contribution < 1.29 is 9.53 Å². The number of aromatic nitrogens is 2. The molecule has 0 aliphatic rings. The molecule has 4 nitrogen and oxygen atoms in total. The van der Waals surface area contributed by atoms with Gasteiger partial charge in [-0.2, -0.15) is 0 Å². The number of esters is 1. The molecule has 0 bridgehead atoms. The molecule has 0 atom stereocenters. The van der Waals surface area contributed by atoms with Crippen LogP contribution in [0.2, 0.25) is 0 Å². The van der Waals surface area contributed by atoms with E-state index in [1.807, 2.05) is 42.5 Å². The van der Waals surface area contributed by atoms with Gasteiger partial charge in [0.05, 0.1) is 29.4 Å². The van der Waals surface area contributed by atoms with Crippen LogP contribution < -0.4 is 0 Å². The number of fused-ring (bicyclic) bond motifs is 3. The molecule has 140 valence electrons. The van der Waals surface area contributed by atoms with Gasteiger partial charge in [0.25, 0.3) is 0 Å². The fourth-order valence-corrected chi connectivity index (χ4v) is 3.91. The van der Waals surface area contributed by atoms with Gasteiger partial charge in [0.1, 0.15) is 0 Å². The molecule has 0 saturated carbocycles. The second-order valence-corrected chi connectivity index (χ2v) is 6.84. The molecule has 0 unspecified atom stereocenters. The van der Waals surface area contributed by atoms with Crippen LogP contribution >= 0.6 is 0 Å². The first-order valence-electron chi connectivity index (χ1n) is 9.39. The number of pyridine rings is 2. The zero-order valence-electron chi connectivity index (χ0n) is 15.9. The van der Waals surface area contributed by atoms with Gasteiger partial charge in [-0.15, -0.1) is 0 Å². The van der Waals surface area contributed by atoms with Gasteiger partial charge in [0.2, 0.25) is 0 Å². The lowest BCUT2D eigenvalue weighted by molar-refractivity contribution is 0.0603. The minimum absolute atomic E-state index is 0.357. The maximum Gasteiger partial charge on any atom is 0.340 e. The molecule has 3 aromatic heterocycles. The molecule has 0 amide bonds. The third kappa shape index (κ3) is 2.77. The Labute approximate surface area is 168 Å². The number of hydrogen-bond donors (Lipinski definition) is 0. The number of benzene rings is 2. The summed E-state index contributed by atoms with van der Waals surface area (Å²) >= 11 is 0. The van der Waals surface area contributed by atoms with Crippen LogP contribution in [0.15, 0.2) is 91.3 Å². The molecule has 0 aliphatic heterocycles. The van der Waals surface area contributed by atoms with E-state index in [1.54, 1.807) is 12.4 Å². The van der Waals surface area contributed by atoms with Gasteiger partial charge in [0, 0.05) is 23.3 Å². The molecule has 3 heterocycles. The minimum atomic E-state index is -0.357. The van der Waals surface area contributed by atoms with Crippen LogP contribution in [0, 0.1) is 0 Å². The van der Waals surface area contributed by atoms with Gasteiger partial charge in [-0.05, 0) is 41.5 Å². The SMILES string of the molecule is COC(=O)c1c(-c2ccncc2)cc(-c2ccccc2)n2c1cc1ccccc12. The van der Waals surface area contributed by atoms with E-state index >= 15 is 0 Å². The van der Waals surface area contributed by atoms with Crippen molar-refractivity contribution in [3.8, 4) is 22.4 Å². The van der Waals surface area contributed by atoms with Gasteiger partial charge in [-0.3, -0.25) is 4.98 Å². The lowest BCUT2D eigenvalue weighted by atomic mass is 9.97. The first kappa shape index (κ1) is 17.2. The Hall–Kier alpha value is -3.92. The van der Waals surface area contributed by atoms with Crippen molar-refractivity contribution in [2.24, 2.45) is 0 Å². The van der Waals surface area contributed by atoms with Crippen molar-refractivity contribution in [3.63, 3.8) is 0 Å². The van der Waals surface area contributed by atoms with E-state index in [0.29, 0.717) is 5.56 Å². The Morgan fingerprint density at radius 3 is 2.31 bits per heavy atom. The number of hydrogen-bond acceptors (Lipinski definition) is 3. The molecule has 0 fully saturated rings. The van der Waals surface area contributed by atoms with E-state index in [2.05, 4.69) is 45.8 Å². The quantitative estimate of drug-likeness (QED) is 0.383. The topological polar surface area (TPSA) is 43.6 Å². The third-order valence-electron chi connectivity index (χ3n) is 5.21. The molecule has 0 saturated heterocycles. The van der Waals surface area contributed by atoms with E-state index < -0.39 is 0 Å². The maximum absolute atomic E-state index is 12.9. The molecule has 0 radical (unpaired) electrons. The molecule has 5 rings (SSSR count). The Bertz CT molecular complexity index is 1340. The third-order valence-corrected chi connectivity index (χ3v) is 5.21. The molecular formula is C25H18N2O2. The summed E-state index contributed by atoms with van der Waals surface area (Å²) in [4.78, 5) is 17.0. The zero-order valence-corrected chi connectivity index (χ0v) is 15.9. The zero-order chi connectivity index (χ0) is 19.8. The molecule has 0 aliphatic carbocycles. The van der Waals surface area contributed by atoms with Crippen molar-refractivity contribution >= 4 is 22.4 Å². The van der Waals surface area contributed by atoms with E-state index in [0.717, 1.165) is 38.8 Å². The summed E-state index contributed by atoms with van der Waals surface area (Å²) in [6.45, 7) is 0. The summed E-state index contributed by atoms with van der Waals surface area (Å²) < 4.78 is 7.32. The molecule has 4 heteroatoms. The molecule has 2 aromatic carbocycles. The number of nitrogens with zero attached hydrogens (tertiary/aromatic N) is 2. The van der Waals surface area contributed by atoms with Crippen molar-refractivity contribution in [2.45, 2.75) is 0 Å². The smallest absolute Gasteiger partial charge is 0.340 e. The fourth-order valence-electron chi connectivity index (χ4n) is 3.91. The van der Waals surface area contributed by atoms with Crippen molar-refractivity contribution in [1.29, 1.82) is 0 Å². The van der Waals surface area contributed by atoms with Crippen molar-refractivity contribution in [3.05, 3.63) is 96.8 Å². The number of ether oxygens (including phenoxy) is 1. The van der Waals surface area contributed by atoms with Crippen LogP contribution in [0.25, 0.3) is 38.8 Å². The number of carbonyl (C=O) groups is 1. The second-order valence-electron chi connectivity index (χ2n) is 6.84. The molecule has 0 spiro atoms. The molecule has 29 heavy (non-hydrogen) atoms. The Morgan fingerprint density at radius 2 is 1.55 bits per heavy atom. The molecular weight excluding hydrogens is 360 g/mol. The Morgan fingerprint density at radius 1 is 0.828 bits per heavy atom. The highest BCUT2D eigenvalue weighted by molar-refractivity contribution is 6.08. The summed E-state index contributed by atoms with van der Waals surface area (Å²) in [6, 6.07) is 26.3. The summed E-state index contributed by atoms with van der Waals surface area (Å²) in [6.07, 6.45) is 3.47. The predicted octanol–water partition coefficient (Wildman–Crippen LogP) is 5.61. The van der Waals surface area contributed by atoms with Crippen LogP contribution in [0.1, 0.15) is 10.4 Å². The highest BCUT2D eigenvalue weighted by atomic mass is 16.5. The van der Waals surface area contributed by atoms with Crippen LogP contribution in [-0.2, 0) is 4.74 Å². The molecule has 0 N–H and O–H groups in total. The Kier molecular flexibility index (Phi) is 4.10. The van der Waals surface area contributed by atoms with Gasteiger partial charge < -0.3 is 9.14 Å². The van der Waals surface area contributed by atoms with Crippen molar-refractivity contribution in [1.82, 2.24) is 9.38 Å². The van der Waals surface area contributed by atoms with Crippen LogP contribution in [0.3, 0.4) is 0 Å². The average Bonchev–Trinajstić information content (AvgIpc) is 3.18. The number of carbonyl (C=O) groups excluding carboxylic acids is 1. The number of rotatable bonds is 3. The normalized spacial score (nSPS) is 11.1. The average molecular weight is 378 g/mol. The maximum atomic E-state index is 12.9. The van der Waals surface area contributed by atoms with E-state index in [4.69, 9.17) is 4.74 Å². The number of para-hydroxylation sites is 1. The monoisotopic (exact) mass is 378 g/mol. The van der Waals surface area contributed by atoms with Gasteiger partial charge in [-0.25, -0.2) is 4.79 Å². The minimum Gasteiger partial charge on any atom is -0.465 e. The fraction of sp³-hybridized carbons (Fsp3) is 0.0400. The van der Waals surface area contributed by atoms with Gasteiger partial charge >= 0.3 is 5.97 Å². The van der Waals surface area contributed by atoms with Gasteiger partial charge in [0.15, 0.2) is 0 Å². The van der Waals surface area contributed by atoms with E-state index in [9.17, 15) is 4.79 Å². The highest BCUT2D eigenvalue weighted by Gasteiger charge is 2.22. The lowest BCUT2D eigenvalue weighted by Gasteiger charge is -2.16. The van der Waals surface area contributed by atoms with E-state index in [-0.39, 0.29) is 5.97 Å². The highest BCUT2D eigenvalue weighted by Crippen LogP contribution is 2.36. The summed E-state index contributed by atoms with van der Waals surface area (Å²) in [5.74, 6) is -0.357. The van der Waals surface area contributed by atoms with Gasteiger partial charge in [-0.1, -0.05) is 48.5 Å². The summed E-state index contributed by atoms with van der Waals surface area (Å²) in [7, 11) is 1.42.